The quantitative estimate of drug-likeness (QED) is 0.553. The van der Waals surface area contributed by atoms with Gasteiger partial charge in [0.25, 0.3) is 0 Å². The number of benzene rings is 3. The van der Waals surface area contributed by atoms with Gasteiger partial charge in [-0.15, -0.1) is 0 Å². The lowest BCUT2D eigenvalue weighted by Gasteiger charge is -2.27. The summed E-state index contributed by atoms with van der Waals surface area (Å²) in [6.45, 7) is 1.59. The highest BCUT2D eigenvalue weighted by molar-refractivity contribution is 5.64. The van der Waals surface area contributed by atoms with Crippen LogP contribution in [-0.2, 0) is 30.7 Å². The van der Waals surface area contributed by atoms with E-state index in [1.54, 1.807) is 6.07 Å². The van der Waals surface area contributed by atoms with E-state index in [1.807, 2.05) is 53.4 Å². The van der Waals surface area contributed by atoms with Gasteiger partial charge in [0.05, 0.1) is 18.8 Å². The van der Waals surface area contributed by atoms with Crippen LogP contribution in [0.5, 0.6) is 0 Å². The predicted molar refractivity (Wildman–Crippen MR) is 98.7 cm³/mol. The summed E-state index contributed by atoms with van der Waals surface area (Å²) in [7, 11) is 0. The van der Waals surface area contributed by atoms with Crippen molar-refractivity contribution in [3.63, 3.8) is 0 Å². The zero-order valence-electron chi connectivity index (χ0n) is 14.5. The van der Waals surface area contributed by atoms with Crippen LogP contribution in [0.1, 0.15) is 22.3 Å². The van der Waals surface area contributed by atoms with E-state index in [2.05, 4.69) is 0 Å². The average molecular weight is 369 g/mol. The van der Waals surface area contributed by atoms with Crippen LogP contribution in [0.3, 0.4) is 0 Å². The molecule has 0 bridgehead atoms. The van der Waals surface area contributed by atoms with Gasteiger partial charge in [-0.2, -0.15) is 13.2 Å². The second-order valence-electron chi connectivity index (χ2n) is 6.52. The largest absolute Gasteiger partial charge is 0.416 e. The molecule has 0 N–H and O–H groups in total. The van der Waals surface area contributed by atoms with Crippen molar-refractivity contribution >= 4 is 11.4 Å². The third-order valence-corrected chi connectivity index (χ3v) is 4.76. The summed E-state index contributed by atoms with van der Waals surface area (Å²) in [5.41, 5.74) is 4.03. The Morgan fingerprint density at radius 1 is 0.815 bits per heavy atom. The second kappa shape index (κ2) is 7.08. The minimum absolute atomic E-state index is 0.470. The Balaban J connectivity index is 1.77. The molecule has 0 amide bonds. The SMILES string of the molecule is FC(F)(F)c1cccc(N(Cc2cccc3c2COC3)c2ccccc2)c1. The van der Waals surface area contributed by atoms with E-state index in [0.29, 0.717) is 25.4 Å². The highest BCUT2D eigenvalue weighted by Crippen LogP contribution is 2.35. The molecule has 3 aromatic rings. The van der Waals surface area contributed by atoms with E-state index in [9.17, 15) is 13.2 Å². The van der Waals surface area contributed by atoms with Gasteiger partial charge in [0.2, 0.25) is 0 Å². The first-order valence-corrected chi connectivity index (χ1v) is 8.69. The minimum atomic E-state index is -4.37. The van der Waals surface area contributed by atoms with E-state index in [0.717, 1.165) is 28.4 Å². The highest BCUT2D eigenvalue weighted by atomic mass is 19.4. The maximum absolute atomic E-state index is 13.2. The number of halogens is 3. The lowest BCUT2D eigenvalue weighted by Crippen LogP contribution is -2.18. The number of alkyl halides is 3. The maximum atomic E-state index is 13.2. The molecular weight excluding hydrogens is 351 g/mol. The van der Waals surface area contributed by atoms with Gasteiger partial charge in [0.15, 0.2) is 0 Å². The monoisotopic (exact) mass is 369 g/mol. The molecule has 0 radical (unpaired) electrons. The average Bonchev–Trinajstić information content (AvgIpc) is 3.16. The number of nitrogens with zero attached hydrogens (tertiary/aromatic N) is 1. The van der Waals surface area contributed by atoms with Crippen molar-refractivity contribution in [1.29, 1.82) is 0 Å². The molecule has 0 aromatic heterocycles. The van der Waals surface area contributed by atoms with Gasteiger partial charge in [0.1, 0.15) is 0 Å². The molecule has 0 aliphatic carbocycles. The normalized spacial score (nSPS) is 13.4. The first-order valence-electron chi connectivity index (χ1n) is 8.69. The molecule has 1 heterocycles. The molecule has 0 unspecified atom stereocenters. The third kappa shape index (κ3) is 3.69. The lowest BCUT2D eigenvalue weighted by molar-refractivity contribution is -0.137. The van der Waals surface area contributed by atoms with Crippen molar-refractivity contribution in [2.45, 2.75) is 25.9 Å². The standard InChI is InChI=1S/C22H18F3NO/c23-22(24,25)18-8-5-11-20(12-18)26(19-9-2-1-3-10-19)13-16-6-4-7-17-14-27-15-21(16)17/h1-12H,13-15H2. The van der Waals surface area contributed by atoms with Crippen molar-refractivity contribution in [1.82, 2.24) is 0 Å². The molecule has 0 saturated carbocycles. The van der Waals surface area contributed by atoms with Crippen molar-refractivity contribution < 1.29 is 17.9 Å². The number of para-hydroxylation sites is 1. The molecule has 138 valence electrons. The summed E-state index contributed by atoms with van der Waals surface area (Å²) in [4.78, 5) is 1.91. The molecular formula is C22H18F3NO. The van der Waals surface area contributed by atoms with Crippen LogP contribution >= 0.6 is 0 Å². The van der Waals surface area contributed by atoms with Crippen LogP contribution in [0.2, 0.25) is 0 Å². The minimum Gasteiger partial charge on any atom is -0.372 e. The Morgan fingerprint density at radius 2 is 1.56 bits per heavy atom. The number of hydrogen-bond donors (Lipinski definition) is 0. The van der Waals surface area contributed by atoms with Gasteiger partial charge < -0.3 is 9.64 Å². The fourth-order valence-corrected chi connectivity index (χ4v) is 3.38. The smallest absolute Gasteiger partial charge is 0.372 e. The van der Waals surface area contributed by atoms with E-state index >= 15 is 0 Å². The van der Waals surface area contributed by atoms with E-state index < -0.39 is 11.7 Å². The lowest BCUT2D eigenvalue weighted by atomic mass is 10.0. The van der Waals surface area contributed by atoms with Gasteiger partial charge in [-0.1, -0.05) is 42.5 Å². The van der Waals surface area contributed by atoms with Gasteiger partial charge in [-0.25, -0.2) is 0 Å². The number of rotatable bonds is 4. The third-order valence-electron chi connectivity index (χ3n) is 4.76. The van der Waals surface area contributed by atoms with Crippen LogP contribution in [0.4, 0.5) is 24.5 Å². The molecule has 0 saturated heterocycles. The molecule has 0 fully saturated rings. The molecule has 1 aliphatic heterocycles. The molecule has 1 aliphatic rings. The van der Waals surface area contributed by atoms with Gasteiger partial charge >= 0.3 is 6.18 Å². The summed E-state index contributed by atoms with van der Waals surface area (Å²) in [6.07, 6.45) is -4.37. The van der Waals surface area contributed by atoms with Crippen molar-refractivity contribution in [2.75, 3.05) is 4.90 Å². The molecule has 27 heavy (non-hydrogen) atoms. The van der Waals surface area contributed by atoms with Crippen LogP contribution in [0.25, 0.3) is 0 Å². The Labute approximate surface area is 155 Å². The Bertz CT molecular complexity index is 938. The Hall–Kier alpha value is -2.79. The van der Waals surface area contributed by atoms with Gasteiger partial charge in [-0.3, -0.25) is 0 Å². The number of hydrogen-bond acceptors (Lipinski definition) is 2. The van der Waals surface area contributed by atoms with Crippen LogP contribution in [-0.4, -0.2) is 0 Å². The second-order valence-corrected chi connectivity index (χ2v) is 6.52. The first-order chi connectivity index (χ1) is 13.0. The number of fused-ring (bicyclic) bond motifs is 1. The Kier molecular flexibility index (Phi) is 4.62. The van der Waals surface area contributed by atoms with E-state index in [4.69, 9.17) is 4.74 Å². The van der Waals surface area contributed by atoms with Gasteiger partial charge in [-0.05, 0) is 47.0 Å². The summed E-state index contributed by atoms with van der Waals surface area (Å²) >= 11 is 0. The highest BCUT2D eigenvalue weighted by Gasteiger charge is 2.31. The van der Waals surface area contributed by atoms with Crippen molar-refractivity contribution in [3.05, 3.63) is 95.1 Å². The molecule has 0 spiro atoms. The fourth-order valence-electron chi connectivity index (χ4n) is 3.38. The summed E-state index contributed by atoms with van der Waals surface area (Å²) in [6, 6.07) is 20.9. The summed E-state index contributed by atoms with van der Waals surface area (Å²) in [5.74, 6) is 0. The molecule has 4 rings (SSSR count). The summed E-state index contributed by atoms with van der Waals surface area (Å²) < 4.78 is 45.2. The van der Waals surface area contributed by atoms with Crippen molar-refractivity contribution in [2.24, 2.45) is 0 Å². The van der Waals surface area contributed by atoms with E-state index in [1.165, 1.54) is 12.1 Å². The molecule has 0 atom stereocenters. The number of anilines is 2. The topological polar surface area (TPSA) is 12.5 Å². The first kappa shape index (κ1) is 17.6. The molecule has 5 heteroatoms. The predicted octanol–water partition coefficient (Wildman–Crippen LogP) is 6.07. The number of ether oxygens (including phenoxy) is 1. The zero-order valence-corrected chi connectivity index (χ0v) is 14.5. The van der Waals surface area contributed by atoms with Crippen molar-refractivity contribution in [3.8, 4) is 0 Å². The zero-order chi connectivity index (χ0) is 18.9. The Morgan fingerprint density at radius 3 is 2.33 bits per heavy atom. The molecule has 2 nitrogen and oxygen atoms in total. The molecule has 3 aromatic carbocycles. The van der Waals surface area contributed by atoms with Crippen LogP contribution < -0.4 is 4.90 Å². The van der Waals surface area contributed by atoms with E-state index in [-0.39, 0.29) is 0 Å². The van der Waals surface area contributed by atoms with Gasteiger partial charge in [0, 0.05) is 17.9 Å². The fraction of sp³-hybridized carbons (Fsp3) is 0.182. The maximum Gasteiger partial charge on any atom is 0.416 e. The van der Waals surface area contributed by atoms with Crippen LogP contribution in [0.15, 0.2) is 72.8 Å². The van der Waals surface area contributed by atoms with Crippen LogP contribution in [0, 0.1) is 0 Å². The summed E-state index contributed by atoms with van der Waals surface area (Å²) in [5, 5.41) is 0.